The monoisotopic (exact) mass is 375 g/mol. The Balaban J connectivity index is 2.11. The minimum atomic E-state index is 0.176. The van der Waals surface area contributed by atoms with Crippen molar-refractivity contribution in [3.05, 3.63) is 38.2 Å². The highest BCUT2D eigenvalue weighted by atomic mass is 79.9. The smallest absolute Gasteiger partial charge is 0.203 e. The van der Waals surface area contributed by atoms with Gasteiger partial charge in [0.05, 0.1) is 15.2 Å². The van der Waals surface area contributed by atoms with Gasteiger partial charge in [0.25, 0.3) is 0 Å². The molecule has 0 bridgehead atoms. The maximum absolute atomic E-state index is 9.54. The van der Waals surface area contributed by atoms with E-state index in [-0.39, 0.29) is 5.75 Å². The number of anilines is 1. The van der Waals surface area contributed by atoms with E-state index in [0.29, 0.717) is 8.95 Å². The van der Waals surface area contributed by atoms with Crippen LogP contribution in [0.2, 0.25) is 0 Å². The molecule has 1 heterocycles. The van der Waals surface area contributed by atoms with Gasteiger partial charge in [0.2, 0.25) is 5.13 Å². The summed E-state index contributed by atoms with van der Waals surface area (Å²) in [6, 6.07) is 3.54. The van der Waals surface area contributed by atoms with Crippen molar-refractivity contribution in [1.29, 1.82) is 0 Å². The van der Waals surface area contributed by atoms with Crippen LogP contribution in [0.15, 0.2) is 37.8 Å². The van der Waals surface area contributed by atoms with Crippen LogP contribution in [-0.4, -0.2) is 16.3 Å². The van der Waals surface area contributed by atoms with Gasteiger partial charge >= 0.3 is 0 Å². The Bertz CT molecular complexity index is 519. The third-order valence-corrected chi connectivity index (χ3v) is 3.73. The molecule has 0 aliphatic carbocycles. The number of thiazole rings is 1. The number of halogens is 2. The fourth-order valence-corrected chi connectivity index (χ4v) is 2.80. The van der Waals surface area contributed by atoms with Crippen molar-refractivity contribution in [2.24, 2.45) is 5.10 Å². The van der Waals surface area contributed by atoms with Crippen molar-refractivity contribution >= 4 is 54.5 Å². The molecule has 4 nitrogen and oxygen atoms in total. The van der Waals surface area contributed by atoms with E-state index in [2.05, 4.69) is 47.4 Å². The fourth-order valence-electron chi connectivity index (χ4n) is 1.10. The van der Waals surface area contributed by atoms with Gasteiger partial charge in [-0.2, -0.15) is 5.10 Å². The average molecular weight is 377 g/mol. The first-order chi connectivity index (χ1) is 8.16. The topological polar surface area (TPSA) is 57.5 Å². The van der Waals surface area contributed by atoms with Gasteiger partial charge in [-0.05, 0) is 49.6 Å². The standard InChI is InChI=1S/C10H7Br2N3OS/c11-7-3-6(4-8(12)9(7)16)5-14-15-10-13-1-2-17-10/h1-5,16H,(H,13,15)/b14-5+. The lowest BCUT2D eigenvalue weighted by Gasteiger charge is -2.01. The van der Waals surface area contributed by atoms with Gasteiger partial charge < -0.3 is 5.11 Å². The summed E-state index contributed by atoms with van der Waals surface area (Å²) in [7, 11) is 0. The van der Waals surface area contributed by atoms with E-state index in [4.69, 9.17) is 0 Å². The van der Waals surface area contributed by atoms with Gasteiger partial charge in [-0.15, -0.1) is 11.3 Å². The van der Waals surface area contributed by atoms with Crippen LogP contribution in [0.5, 0.6) is 5.75 Å². The molecule has 0 aliphatic rings. The van der Waals surface area contributed by atoms with Crippen LogP contribution < -0.4 is 5.43 Å². The molecule has 17 heavy (non-hydrogen) atoms. The Hall–Kier alpha value is -0.920. The highest BCUT2D eigenvalue weighted by Gasteiger charge is 2.04. The van der Waals surface area contributed by atoms with Crippen LogP contribution in [0.1, 0.15) is 5.56 Å². The third-order valence-electron chi connectivity index (χ3n) is 1.85. The van der Waals surface area contributed by atoms with Crippen molar-refractivity contribution in [3.8, 4) is 5.75 Å². The molecule has 0 spiro atoms. The van der Waals surface area contributed by atoms with Crippen LogP contribution in [0.25, 0.3) is 0 Å². The molecule has 0 atom stereocenters. The van der Waals surface area contributed by atoms with Crippen molar-refractivity contribution < 1.29 is 5.11 Å². The maximum Gasteiger partial charge on any atom is 0.203 e. The molecule has 2 rings (SSSR count). The Morgan fingerprint density at radius 2 is 2.06 bits per heavy atom. The lowest BCUT2D eigenvalue weighted by molar-refractivity contribution is 0.468. The first-order valence-electron chi connectivity index (χ1n) is 4.53. The lowest BCUT2D eigenvalue weighted by atomic mass is 10.2. The summed E-state index contributed by atoms with van der Waals surface area (Å²) in [6.45, 7) is 0. The Labute approximate surface area is 119 Å². The first kappa shape index (κ1) is 12.5. The number of phenolic OH excluding ortho intramolecular Hbond substituents is 1. The van der Waals surface area contributed by atoms with Gasteiger partial charge in [-0.3, -0.25) is 5.43 Å². The molecule has 0 saturated heterocycles. The van der Waals surface area contributed by atoms with Crippen molar-refractivity contribution in [1.82, 2.24) is 4.98 Å². The second-order valence-corrected chi connectivity index (χ2v) is 5.64. The van der Waals surface area contributed by atoms with Gasteiger partial charge in [0.15, 0.2) is 0 Å². The number of aromatic hydroxyl groups is 1. The zero-order valence-electron chi connectivity index (χ0n) is 8.39. The number of hydrogen-bond donors (Lipinski definition) is 2. The van der Waals surface area contributed by atoms with E-state index in [1.165, 1.54) is 11.3 Å². The third kappa shape index (κ3) is 3.27. The van der Waals surface area contributed by atoms with Gasteiger partial charge in [0.1, 0.15) is 5.75 Å². The molecule has 7 heteroatoms. The van der Waals surface area contributed by atoms with Gasteiger partial charge in [0, 0.05) is 11.6 Å². The van der Waals surface area contributed by atoms with Crippen molar-refractivity contribution in [2.75, 3.05) is 5.43 Å². The summed E-state index contributed by atoms with van der Waals surface area (Å²) in [4.78, 5) is 4.03. The molecule has 2 N–H and O–H groups in total. The second-order valence-electron chi connectivity index (χ2n) is 3.04. The summed E-state index contributed by atoms with van der Waals surface area (Å²) < 4.78 is 1.23. The predicted octanol–water partition coefficient (Wildman–Crippen LogP) is 3.82. The number of nitrogens with one attached hydrogen (secondary N) is 1. The molecule has 2 aromatic rings. The summed E-state index contributed by atoms with van der Waals surface area (Å²) >= 11 is 7.98. The fraction of sp³-hybridized carbons (Fsp3) is 0. The number of nitrogens with zero attached hydrogens (tertiary/aromatic N) is 2. The number of aromatic nitrogens is 1. The molecule has 88 valence electrons. The van der Waals surface area contributed by atoms with Crippen LogP contribution in [-0.2, 0) is 0 Å². The van der Waals surface area contributed by atoms with E-state index in [1.54, 1.807) is 24.5 Å². The van der Waals surface area contributed by atoms with Gasteiger partial charge in [-0.25, -0.2) is 4.98 Å². The Morgan fingerprint density at radius 1 is 1.35 bits per heavy atom. The van der Waals surface area contributed by atoms with Gasteiger partial charge in [-0.1, -0.05) is 0 Å². The van der Waals surface area contributed by atoms with Crippen molar-refractivity contribution in [2.45, 2.75) is 0 Å². The Morgan fingerprint density at radius 3 is 2.65 bits per heavy atom. The number of hydrazone groups is 1. The van der Waals surface area contributed by atoms with Crippen LogP contribution in [0.4, 0.5) is 5.13 Å². The van der Waals surface area contributed by atoms with E-state index in [0.717, 1.165) is 10.7 Å². The molecule has 1 aromatic heterocycles. The minimum absolute atomic E-state index is 0.176. The quantitative estimate of drug-likeness (QED) is 0.632. The summed E-state index contributed by atoms with van der Waals surface area (Å²) in [6.07, 6.45) is 3.35. The van der Waals surface area contributed by atoms with E-state index >= 15 is 0 Å². The molecular weight excluding hydrogens is 370 g/mol. The summed E-state index contributed by atoms with van der Waals surface area (Å²) in [5, 5.41) is 16.2. The predicted molar refractivity (Wildman–Crippen MR) is 76.8 cm³/mol. The molecule has 0 unspecified atom stereocenters. The van der Waals surface area contributed by atoms with Crippen molar-refractivity contribution in [3.63, 3.8) is 0 Å². The van der Waals surface area contributed by atoms with Crippen LogP contribution >= 0.6 is 43.2 Å². The highest BCUT2D eigenvalue weighted by Crippen LogP contribution is 2.32. The molecule has 0 aliphatic heterocycles. The Kier molecular flexibility index (Phi) is 4.14. The van der Waals surface area contributed by atoms with E-state index in [9.17, 15) is 5.11 Å². The summed E-state index contributed by atoms with van der Waals surface area (Å²) in [5.41, 5.74) is 3.66. The lowest BCUT2D eigenvalue weighted by Crippen LogP contribution is -1.90. The SMILES string of the molecule is Oc1c(Br)cc(/C=N/Nc2nccs2)cc1Br. The average Bonchev–Trinajstić information content (AvgIpc) is 2.79. The normalized spacial score (nSPS) is 10.9. The molecule has 0 radical (unpaired) electrons. The number of rotatable bonds is 3. The van der Waals surface area contributed by atoms with Crippen LogP contribution in [0.3, 0.4) is 0 Å². The molecule has 1 aromatic carbocycles. The molecule has 0 amide bonds. The van der Waals surface area contributed by atoms with E-state index in [1.807, 2.05) is 5.38 Å². The molecular formula is C10H7Br2N3OS. The first-order valence-corrected chi connectivity index (χ1v) is 7.00. The second kappa shape index (κ2) is 5.61. The number of benzene rings is 1. The summed E-state index contributed by atoms with van der Waals surface area (Å²) in [5.74, 6) is 0.176. The molecule has 0 fully saturated rings. The maximum atomic E-state index is 9.54. The molecule has 0 saturated carbocycles. The zero-order valence-corrected chi connectivity index (χ0v) is 12.4. The number of hydrogen-bond acceptors (Lipinski definition) is 5. The highest BCUT2D eigenvalue weighted by molar-refractivity contribution is 9.11. The van der Waals surface area contributed by atoms with Crippen LogP contribution in [0, 0.1) is 0 Å². The zero-order chi connectivity index (χ0) is 12.3. The van der Waals surface area contributed by atoms with E-state index < -0.39 is 0 Å². The number of phenols is 1. The largest absolute Gasteiger partial charge is 0.506 e. The minimum Gasteiger partial charge on any atom is -0.506 e.